The van der Waals surface area contributed by atoms with E-state index >= 15 is 0 Å². The molecule has 1 unspecified atom stereocenters. The number of amides is 2. The van der Waals surface area contributed by atoms with Crippen LogP contribution >= 0.6 is 0 Å². The van der Waals surface area contributed by atoms with Crippen LogP contribution in [0.25, 0.3) is 11.1 Å². The van der Waals surface area contributed by atoms with Gasteiger partial charge >= 0.3 is 6.09 Å². The molecule has 0 aromatic heterocycles. The number of nitrogens with zero attached hydrogens (tertiary/aromatic N) is 2. The molecular formula is C27H25FN4O3. The van der Waals surface area contributed by atoms with E-state index in [1.807, 2.05) is 42.5 Å². The van der Waals surface area contributed by atoms with E-state index in [-0.39, 0.29) is 19.0 Å². The number of halogens is 1. The van der Waals surface area contributed by atoms with Gasteiger partial charge in [-0.15, -0.1) is 0 Å². The second-order valence-corrected chi connectivity index (χ2v) is 8.33. The summed E-state index contributed by atoms with van der Waals surface area (Å²) in [6.45, 7) is 3.11. The first-order valence-electron chi connectivity index (χ1n) is 11.2. The Hall–Kier alpha value is -4.22. The average Bonchev–Trinajstić information content (AvgIpc) is 3.24. The molecule has 7 nitrogen and oxygen atoms in total. The molecule has 0 bridgehead atoms. The van der Waals surface area contributed by atoms with Gasteiger partial charge in [-0.05, 0) is 47.0 Å². The molecule has 1 fully saturated rings. The number of nitriles is 1. The normalized spacial score (nSPS) is 14.9. The van der Waals surface area contributed by atoms with Crippen LogP contribution in [-0.4, -0.2) is 31.2 Å². The second kappa shape index (κ2) is 10.8. The number of benzene rings is 3. The minimum Gasteiger partial charge on any atom is -0.442 e. The molecule has 4 rings (SSSR count). The van der Waals surface area contributed by atoms with Crippen molar-refractivity contribution >= 4 is 17.7 Å². The van der Waals surface area contributed by atoms with Gasteiger partial charge in [0.1, 0.15) is 11.9 Å². The summed E-state index contributed by atoms with van der Waals surface area (Å²) in [5.74, 6) is -0.647. The first kappa shape index (κ1) is 23.9. The highest BCUT2D eigenvalue weighted by molar-refractivity contribution is 5.90. The molecule has 0 spiro atoms. The Bertz CT molecular complexity index is 1270. The molecule has 0 radical (unpaired) electrons. The number of hydrogen-bond acceptors (Lipinski definition) is 5. The summed E-state index contributed by atoms with van der Waals surface area (Å²) >= 11 is 0. The van der Waals surface area contributed by atoms with Crippen molar-refractivity contribution in [3.8, 4) is 17.2 Å². The molecule has 8 heteroatoms. The minimum atomic E-state index is -0.566. The Labute approximate surface area is 203 Å². The molecule has 178 valence electrons. The second-order valence-electron chi connectivity index (χ2n) is 8.33. The van der Waals surface area contributed by atoms with Crippen molar-refractivity contribution in [2.45, 2.75) is 26.1 Å². The summed E-state index contributed by atoms with van der Waals surface area (Å²) in [6, 6.07) is 21.8. The van der Waals surface area contributed by atoms with E-state index < -0.39 is 18.0 Å². The Morgan fingerprint density at radius 1 is 1.11 bits per heavy atom. The lowest BCUT2D eigenvalue weighted by Gasteiger charge is -2.15. The van der Waals surface area contributed by atoms with Crippen LogP contribution in [0, 0.1) is 17.1 Å². The SMILES string of the molecule is CC(=O)NCC1CN(c2ccc(-c3ccc(CNCc4cccc(C#N)c4)cc3)c(F)c2)C(=O)O1. The predicted octanol–water partition coefficient (Wildman–Crippen LogP) is 4.12. The van der Waals surface area contributed by atoms with Crippen molar-refractivity contribution in [3.63, 3.8) is 0 Å². The van der Waals surface area contributed by atoms with Crippen LogP contribution in [0.3, 0.4) is 0 Å². The quantitative estimate of drug-likeness (QED) is 0.515. The van der Waals surface area contributed by atoms with Gasteiger partial charge in [-0.3, -0.25) is 9.69 Å². The summed E-state index contributed by atoms with van der Waals surface area (Å²) in [4.78, 5) is 24.6. The van der Waals surface area contributed by atoms with Gasteiger partial charge in [0.25, 0.3) is 0 Å². The van der Waals surface area contributed by atoms with Crippen LogP contribution in [0.1, 0.15) is 23.6 Å². The summed E-state index contributed by atoms with van der Waals surface area (Å²) < 4.78 is 20.2. The van der Waals surface area contributed by atoms with Crippen LogP contribution in [0.4, 0.5) is 14.9 Å². The molecule has 3 aromatic rings. The van der Waals surface area contributed by atoms with Crippen molar-refractivity contribution in [3.05, 3.63) is 89.2 Å². The highest BCUT2D eigenvalue weighted by atomic mass is 19.1. The number of nitrogens with one attached hydrogen (secondary N) is 2. The Balaban J connectivity index is 1.36. The van der Waals surface area contributed by atoms with Crippen LogP contribution in [0.15, 0.2) is 66.7 Å². The van der Waals surface area contributed by atoms with Gasteiger partial charge in [-0.25, -0.2) is 9.18 Å². The molecule has 2 amide bonds. The first-order chi connectivity index (χ1) is 16.9. The first-order valence-corrected chi connectivity index (χ1v) is 11.2. The third-order valence-electron chi connectivity index (χ3n) is 5.70. The number of ether oxygens (including phenoxy) is 1. The Kier molecular flexibility index (Phi) is 7.38. The van der Waals surface area contributed by atoms with E-state index in [9.17, 15) is 14.0 Å². The number of carbonyl (C=O) groups excluding carboxylic acids is 2. The van der Waals surface area contributed by atoms with Gasteiger partial charge in [-0.2, -0.15) is 5.26 Å². The van der Waals surface area contributed by atoms with Gasteiger partial charge in [0.2, 0.25) is 5.91 Å². The number of cyclic esters (lactones) is 1. The van der Waals surface area contributed by atoms with E-state index in [1.54, 1.807) is 18.2 Å². The van der Waals surface area contributed by atoms with Crippen molar-refractivity contribution < 1.29 is 18.7 Å². The largest absolute Gasteiger partial charge is 0.442 e. The van der Waals surface area contributed by atoms with Gasteiger partial charge in [0, 0.05) is 25.6 Å². The monoisotopic (exact) mass is 472 g/mol. The molecule has 1 aliphatic heterocycles. The summed E-state index contributed by atoms with van der Waals surface area (Å²) in [5, 5.41) is 15.0. The van der Waals surface area contributed by atoms with Crippen LogP contribution in [0.5, 0.6) is 0 Å². The van der Waals surface area contributed by atoms with E-state index in [4.69, 9.17) is 10.00 Å². The van der Waals surface area contributed by atoms with E-state index in [0.29, 0.717) is 29.9 Å². The lowest BCUT2D eigenvalue weighted by Crippen LogP contribution is -2.33. The third-order valence-corrected chi connectivity index (χ3v) is 5.70. The molecular weight excluding hydrogens is 447 g/mol. The maximum atomic E-state index is 14.9. The molecule has 1 aliphatic rings. The molecule has 1 heterocycles. The fraction of sp³-hybridized carbons (Fsp3) is 0.222. The van der Waals surface area contributed by atoms with Gasteiger partial charge in [0.15, 0.2) is 0 Å². The molecule has 2 N–H and O–H groups in total. The lowest BCUT2D eigenvalue weighted by molar-refractivity contribution is -0.119. The molecule has 1 saturated heterocycles. The van der Waals surface area contributed by atoms with Crippen LogP contribution in [0.2, 0.25) is 0 Å². The summed E-state index contributed by atoms with van der Waals surface area (Å²) in [7, 11) is 0. The number of anilines is 1. The zero-order valence-corrected chi connectivity index (χ0v) is 19.3. The number of hydrogen-bond donors (Lipinski definition) is 2. The number of rotatable bonds is 8. The minimum absolute atomic E-state index is 0.206. The highest BCUT2D eigenvalue weighted by Crippen LogP contribution is 2.29. The summed E-state index contributed by atoms with van der Waals surface area (Å²) in [6.07, 6.45) is -1.05. The van der Waals surface area contributed by atoms with E-state index in [1.165, 1.54) is 17.9 Å². The Morgan fingerprint density at radius 2 is 1.89 bits per heavy atom. The average molecular weight is 473 g/mol. The van der Waals surface area contributed by atoms with E-state index in [2.05, 4.69) is 16.7 Å². The fourth-order valence-corrected chi connectivity index (χ4v) is 3.91. The van der Waals surface area contributed by atoms with Gasteiger partial charge in [-0.1, -0.05) is 36.4 Å². The Morgan fingerprint density at radius 3 is 2.60 bits per heavy atom. The summed E-state index contributed by atoms with van der Waals surface area (Å²) in [5.41, 5.74) is 4.28. The maximum Gasteiger partial charge on any atom is 0.414 e. The van der Waals surface area contributed by atoms with E-state index in [0.717, 1.165) is 16.7 Å². The fourth-order valence-electron chi connectivity index (χ4n) is 3.91. The third kappa shape index (κ3) is 6.02. The zero-order chi connectivity index (χ0) is 24.8. The van der Waals surface area contributed by atoms with Crippen LogP contribution in [-0.2, 0) is 22.6 Å². The molecule has 0 aliphatic carbocycles. The lowest BCUT2D eigenvalue weighted by atomic mass is 10.0. The standard InChI is InChI=1S/C27H25FN4O3/c1-18(33)31-16-24-17-32(27(34)35-24)23-9-10-25(26(28)12-23)22-7-5-19(6-8-22)14-30-15-21-4-2-3-20(11-21)13-29/h2-12,24,30H,14-17H2,1H3,(H,31,33). The topological polar surface area (TPSA) is 94.5 Å². The molecule has 0 saturated carbocycles. The van der Waals surface area contributed by atoms with Crippen molar-refractivity contribution in [2.75, 3.05) is 18.0 Å². The van der Waals surface area contributed by atoms with Gasteiger partial charge < -0.3 is 15.4 Å². The van der Waals surface area contributed by atoms with Crippen molar-refractivity contribution in [1.82, 2.24) is 10.6 Å². The van der Waals surface area contributed by atoms with Crippen LogP contribution < -0.4 is 15.5 Å². The maximum absolute atomic E-state index is 14.9. The predicted molar refractivity (Wildman–Crippen MR) is 130 cm³/mol. The zero-order valence-electron chi connectivity index (χ0n) is 19.3. The molecule has 3 aromatic carbocycles. The molecule has 35 heavy (non-hydrogen) atoms. The number of carbonyl (C=O) groups is 2. The van der Waals surface area contributed by atoms with Crippen molar-refractivity contribution in [2.24, 2.45) is 0 Å². The molecule has 1 atom stereocenters. The highest BCUT2D eigenvalue weighted by Gasteiger charge is 2.32. The van der Waals surface area contributed by atoms with Gasteiger partial charge in [0.05, 0.1) is 30.4 Å². The smallest absolute Gasteiger partial charge is 0.414 e. The van der Waals surface area contributed by atoms with Crippen molar-refractivity contribution in [1.29, 1.82) is 5.26 Å².